The van der Waals surface area contributed by atoms with Crippen molar-refractivity contribution in [3.63, 3.8) is 0 Å². The first kappa shape index (κ1) is 22.7. The number of anilines is 1. The van der Waals surface area contributed by atoms with E-state index in [4.69, 9.17) is 0 Å². The van der Waals surface area contributed by atoms with E-state index in [-0.39, 0.29) is 18.0 Å². The van der Waals surface area contributed by atoms with Gasteiger partial charge in [-0.15, -0.1) is 0 Å². The Bertz CT molecular complexity index is 1230. The van der Waals surface area contributed by atoms with Crippen LogP contribution in [0.15, 0.2) is 60.2 Å². The molecule has 3 atom stereocenters. The van der Waals surface area contributed by atoms with Gasteiger partial charge < -0.3 is 4.90 Å². The number of carbonyl (C=O) groups excluding carboxylic acids is 1. The zero-order valence-corrected chi connectivity index (χ0v) is 20.4. The molecule has 1 saturated heterocycles. The molecule has 1 amide bonds. The minimum atomic E-state index is -1.79. The summed E-state index contributed by atoms with van der Waals surface area (Å²) in [7, 11) is 1.76. The van der Waals surface area contributed by atoms with E-state index in [0.717, 1.165) is 24.2 Å². The molecule has 184 valence electrons. The summed E-state index contributed by atoms with van der Waals surface area (Å²) in [5.74, 6) is -1.22. The normalized spacial score (nSPS) is 31.4. The van der Waals surface area contributed by atoms with Gasteiger partial charge in [0, 0.05) is 48.6 Å². The van der Waals surface area contributed by atoms with Crippen LogP contribution in [0.2, 0.25) is 0 Å². The molecule has 0 radical (unpaired) electrons. The van der Waals surface area contributed by atoms with Crippen molar-refractivity contribution < 1.29 is 13.6 Å². The quantitative estimate of drug-likeness (QED) is 0.624. The van der Waals surface area contributed by atoms with Crippen molar-refractivity contribution in [2.45, 2.75) is 62.1 Å². The van der Waals surface area contributed by atoms with E-state index >= 15 is 8.78 Å². The highest BCUT2D eigenvalue weighted by molar-refractivity contribution is 6.09. The number of amides is 1. The third-order valence-electron chi connectivity index (χ3n) is 8.60. The Labute approximate surface area is 205 Å². The Morgan fingerprint density at radius 2 is 1.97 bits per heavy atom. The summed E-state index contributed by atoms with van der Waals surface area (Å²) >= 11 is 0. The first-order chi connectivity index (χ1) is 16.8. The molecular formula is C28H32F2N4O. The molecule has 6 rings (SSSR count). The van der Waals surface area contributed by atoms with E-state index in [2.05, 4.69) is 10.00 Å². The average molecular weight is 479 g/mol. The molecule has 1 aromatic heterocycles. The highest BCUT2D eigenvalue weighted by atomic mass is 19.1. The molecule has 5 nitrogen and oxygen atoms in total. The van der Waals surface area contributed by atoms with Crippen LogP contribution < -0.4 is 4.90 Å². The lowest BCUT2D eigenvalue weighted by atomic mass is 9.80. The van der Waals surface area contributed by atoms with Crippen molar-refractivity contribution in [3.8, 4) is 0 Å². The number of fused-ring (bicyclic) bond motifs is 2. The number of alkyl halides is 1. The van der Waals surface area contributed by atoms with Crippen LogP contribution in [0.1, 0.15) is 56.1 Å². The number of hydrogen-bond acceptors (Lipinski definition) is 3. The Hall–Kier alpha value is -2.80. The summed E-state index contributed by atoms with van der Waals surface area (Å²) in [5, 5.41) is 4.12. The average Bonchev–Trinajstić information content (AvgIpc) is 3.62. The van der Waals surface area contributed by atoms with Gasteiger partial charge in [-0.3, -0.25) is 14.4 Å². The van der Waals surface area contributed by atoms with Gasteiger partial charge in [-0.1, -0.05) is 31.0 Å². The maximum absolute atomic E-state index is 15.8. The van der Waals surface area contributed by atoms with Gasteiger partial charge in [0.1, 0.15) is 11.5 Å². The molecule has 1 saturated carbocycles. The summed E-state index contributed by atoms with van der Waals surface area (Å²) in [4.78, 5) is 18.2. The summed E-state index contributed by atoms with van der Waals surface area (Å²) in [5.41, 5.74) is 0.326. The minimum absolute atomic E-state index is 0.0165. The number of benzene rings is 1. The van der Waals surface area contributed by atoms with Gasteiger partial charge in [0.05, 0.1) is 18.2 Å². The van der Waals surface area contributed by atoms with E-state index in [1.165, 1.54) is 44.8 Å². The van der Waals surface area contributed by atoms with Gasteiger partial charge in [-0.25, -0.2) is 8.78 Å². The molecular weight excluding hydrogens is 446 g/mol. The summed E-state index contributed by atoms with van der Waals surface area (Å²) in [6.07, 6.45) is 11.7. The van der Waals surface area contributed by atoms with E-state index in [1.807, 2.05) is 24.3 Å². The van der Waals surface area contributed by atoms with E-state index < -0.39 is 22.8 Å². The van der Waals surface area contributed by atoms with Crippen molar-refractivity contribution in [1.82, 2.24) is 14.7 Å². The topological polar surface area (TPSA) is 41.4 Å². The molecule has 1 aromatic carbocycles. The molecule has 2 aliphatic carbocycles. The Balaban J connectivity index is 1.30. The number of aromatic nitrogens is 2. The Morgan fingerprint density at radius 3 is 2.71 bits per heavy atom. The summed E-state index contributed by atoms with van der Waals surface area (Å²) in [6, 6.07) is 8.44. The number of nitrogens with zero attached hydrogens (tertiary/aromatic N) is 4. The highest BCUT2D eigenvalue weighted by Gasteiger charge is 2.55. The molecule has 7 heteroatoms. The van der Waals surface area contributed by atoms with Crippen LogP contribution >= 0.6 is 0 Å². The maximum atomic E-state index is 15.8. The number of rotatable bonds is 4. The van der Waals surface area contributed by atoms with Crippen molar-refractivity contribution in [1.29, 1.82) is 0 Å². The lowest BCUT2D eigenvalue weighted by Crippen LogP contribution is -2.44. The SMILES string of the molecule is Cn1cc(C2C=C(F)C(CN3C(=O)C4(CCN(C5CCCC5)C4)c4ccccc43)=CC2(C)F)cn1. The minimum Gasteiger partial charge on any atom is -0.307 e. The van der Waals surface area contributed by atoms with E-state index in [1.54, 1.807) is 29.0 Å². The monoisotopic (exact) mass is 478 g/mol. The van der Waals surface area contributed by atoms with Crippen LogP contribution in [0.3, 0.4) is 0 Å². The van der Waals surface area contributed by atoms with Crippen molar-refractivity contribution in [2.75, 3.05) is 24.5 Å². The molecule has 1 spiro atoms. The third-order valence-corrected chi connectivity index (χ3v) is 8.60. The fourth-order valence-electron chi connectivity index (χ4n) is 6.80. The third kappa shape index (κ3) is 3.58. The Morgan fingerprint density at radius 1 is 1.20 bits per heavy atom. The number of hydrogen-bond donors (Lipinski definition) is 0. The second kappa shape index (κ2) is 8.12. The molecule has 3 unspecified atom stereocenters. The second-order valence-electron chi connectivity index (χ2n) is 10.9. The predicted octanol–water partition coefficient (Wildman–Crippen LogP) is 4.96. The van der Waals surface area contributed by atoms with Gasteiger partial charge in [0.2, 0.25) is 5.91 Å². The number of halogens is 2. The fourth-order valence-corrected chi connectivity index (χ4v) is 6.80. The first-order valence-corrected chi connectivity index (χ1v) is 12.7. The standard InChI is InChI=1S/C28H32F2N4O/c1-27(30)14-19(24(29)13-23(27)20-15-31-32(2)16-20)17-34-25-10-6-5-9-22(25)28(26(34)35)11-12-33(18-28)21-7-3-4-8-21/h5-6,9-10,13-16,21,23H,3-4,7-8,11-12,17-18H2,1-2H3. The molecule has 2 aromatic rings. The molecule has 0 N–H and O–H groups in total. The summed E-state index contributed by atoms with van der Waals surface area (Å²) < 4.78 is 32.8. The zero-order valence-electron chi connectivity index (χ0n) is 20.4. The Kier molecular flexibility index (Phi) is 5.25. The molecule has 0 bridgehead atoms. The molecule has 4 aliphatic rings. The summed E-state index contributed by atoms with van der Waals surface area (Å²) in [6.45, 7) is 3.12. The van der Waals surface area contributed by atoms with Gasteiger partial charge in [0.15, 0.2) is 0 Å². The van der Waals surface area contributed by atoms with Gasteiger partial charge in [-0.2, -0.15) is 5.10 Å². The van der Waals surface area contributed by atoms with Crippen LogP contribution in [0.4, 0.5) is 14.5 Å². The van der Waals surface area contributed by atoms with Crippen LogP contribution in [0.5, 0.6) is 0 Å². The highest BCUT2D eigenvalue weighted by Crippen LogP contribution is 2.49. The maximum Gasteiger partial charge on any atom is 0.239 e. The van der Waals surface area contributed by atoms with Crippen LogP contribution in [0, 0.1) is 0 Å². The van der Waals surface area contributed by atoms with Gasteiger partial charge in [0.25, 0.3) is 0 Å². The number of para-hydroxylation sites is 1. The van der Waals surface area contributed by atoms with Gasteiger partial charge >= 0.3 is 0 Å². The van der Waals surface area contributed by atoms with Crippen LogP contribution in [-0.2, 0) is 17.3 Å². The smallest absolute Gasteiger partial charge is 0.239 e. The lowest BCUT2D eigenvalue weighted by Gasteiger charge is -2.31. The molecule has 35 heavy (non-hydrogen) atoms. The van der Waals surface area contributed by atoms with Crippen molar-refractivity contribution in [2.24, 2.45) is 7.05 Å². The fraction of sp³-hybridized carbons (Fsp3) is 0.500. The van der Waals surface area contributed by atoms with E-state index in [9.17, 15) is 4.79 Å². The number of aryl methyl sites for hydroxylation is 1. The lowest BCUT2D eigenvalue weighted by molar-refractivity contribution is -0.122. The predicted molar refractivity (Wildman–Crippen MR) is 132 cm³/mol. The second-order valence-corrected chi connectivity index (χ2v) is 10.9. The van der Waals surface area contributed by atoms with Crippen molar-refractivity contribution in [3.05, 3.63) is 71.3 Å². The first-order valence-electron chi connectivity index (χ1n) is 12.7. The molecule has 2 aliphatic heterocycles. The zero-order chi connectivity index (χ0) is 24.4. The van der Waals surface area contributed by atoms with Crippen molar-refractivity contribution >= 4 is 11.6 Å². The van der Waals surface area contributed by atoms with Crippen LogP contribution in [0.25, 0.3) is 0 Å². The van der Waals surface area contributed by atoms with Crippen LogP contribution in [-0.4, -0.2) is 51.9 Å². The van der Waals surface area contributed by atoms with E-state index in [0.29, 0.717) is 18.2 Å². The number of likely N-dealkylation sites (tertiary alicyclic amines) is 1. The number of allylic oxidation sites excluding steroid dienone is 2. The molecule has 3 heterocycles. The molecule has 2 fully saturated rings. The number of carbonyl (C=O) groups is 1. The largest absolute Gasteiger partial charge is 0.307 e. The van der Waals surface area contributed by atoms with Gasteiger partial charge in [-0.05, 0) is 56.5 Å².